The molecular formula is C10H9N5O3S. The van der Waals surface area contributed by atoms with Gasteiger partial charge in [-0.15, -0.1) is 0 Å². The molecule has 0 aromatic carbocycles. The Labute approximate surface area is 110 Å². The minimum absolute atomic E-state index is 0.0610. The molecule has 0 amide bonds. The number of nitrogen functional groups attached to an aromatic ring is 2. The number of nitrogens with zero attached hydrogens (tertiary/aromatic N) is 2. The molecule has 0 bridgehead atoms. The third-order valence-corrected chi connectivity index (χ3v) is 2.90. The van der Waals surface area contributed by atoms with Gasteiger partial charge in [0.15, 0.2) is 5.16 Å². The van der Waals surface area contributed by atoms with Crippen molar-refractivity contribution in [2.45, 2.75) is 10.2 Å². The summed E-state index contributed by atoms with van der Waals surface area (Å²) in [6.45, 7) is 0. The van der Waals surface area contributed by atoms with Crippen molar-refractivity contribution < 1.29 is 9.90 Å². The highest BCUT2D eigenvalue weighted by Crippen LogP contribution is 2.24. The molecule has 9 heteroatoms. The zero-order valence-corrected chi connectivity index (χ0v) is 10.3. The third-order valence-electron chi connectivity index (χ3n) is 2.08. The number of aromatic carboxylic acids is 1. The van der Waals surface area contributed by atoms with Crippen LogP contribution < -0.4 is 17.0 Å². The van der Waals surface area contributed by atoms with Crippen molar-refractivity contribution >= 4 is 29.2 Å². The summed E-state index contributed by atoms with van der Waals surface area (Å²) in [5, 5.41) is 9.49. The first-order chi connectivity index (χ1) is 8.95. The fourth-order valence-corrected chi connectivity index (χ4v) is 2.07. The molecule has 0 radical (unpaired) electrons. The van der Waals surface area contributed by atoms with Crippen LogP contribution in [0.5, 0.6) is 0 Å². The number of aromatic amines is 1. The second-order valence-electron chi connectivity index (χ2n) is 3.49. The van der Waals surface area contributed by atoms with Gasteiger partial charge >= 0.3 is 5.97 Å². The Morgan fingerprint density at radius 1 is 1.37 bits per heavy atom. The predicted molar refractivity (Wildman–Crippen MR) is 69.0 cm³/mol. The number of pyridine rings is 1. The van der Waals surface area contributed by atoms with Crippen molar-refractivity contribution in [3.63, 3.8) is 0 Å². The van der Waals surface area contributed by atoms with Crippen molar-refractivity contribution in [3.05, 3.63) is 34.2 Å². The van der Waals surface area contributed by atoms with Crippen molar-refractivity contribution in [1.82, 2.24) is 15.0 Å². The Balaban J connectivity index is 2.36. The van der Waals surface area contributed by atoms with Gasteiger partial charge in [0.25, 0.3) is 5.56 Å². The van der Waals surface area contributed by atoms with Gasteiger partial charge in [-0.05, 0) is 17.8 Å². The van der Waals surface area contributed by atoms with Crippen molar-refractivity contribution in [2.24, 2.45) is 0 Å². The van der Waals surface area contributed by atoms with Crippen molar-refractivity contribution in [1.29, 1.82) is 0 Å². The van der Waals surface area contributed by atoms with Gasteiger partial charge in [0, 0.05) is 6.07 Å². The lowest BCUT2D eigenvalue weighted by molar-refractivity contribution is 0.0697. The molecule has 8 nitrogen and oxygen atoms in total. The molecule has 0 fully saturated rings. The maximum absolute atomic E-state index is 11.2. The summed E-state index contributed by atoms with van der Waals surface area (Å²) in [6.07, 6.45) is 1.23. The second kappa shape index (κ2) is 4.98. The Bertz CT molecular complexity index is 700. The number of nitrogens with one attached hydrogen (secondary N) is 1. The van der Waals surface area contributed by atoms with Crippen LogP contribution in [-0.2, 0) is 0 Å². The minimum atomic E-state index is -1.16. The molecule has 6 N–H and O–H groups in total. The molecule has 98 valence electrons. The summed E-state index contributed by atoms with van der Waals surface area (Å²) in [4.78, 5) is 32.4. The highest BCUT2D eigenvalue weighted by molar-refractivity contribution is 7.99. The van der Waals surface area contributed by atoms with Crippen LogP contribution in [0.25, 0.3) is 0 Å². The number of aromatic nitrogens is 3. The molecular weight excluding hydrogens is 270 g/mol. The molecule has 0 aliphatic heterocycles. The zero-order chi connectivity index (χ0) is 14.0. The highest BCUT2D eigenvalue weighted by atomic mass is 32.2. The van der Waals surface area contributed by atoms with Gasteiger partial charge in [-0.3, -0.25) is 4.79 Å². The number of carboxylic acids is 1. The molecule has 2 rings (SSSR count). The first kappa shape index (κ1) is 12.9. The van der Waals surface area contributed by atoms with Gasteiger partial charge in [0.2, 0.25) is 0 Å². The number of carbonyl (C=O) groups is 1. The number of H-pyrrole nitrogens is 1. The summed E-state index contributed by atoms with van der Waals surface area (Å²) in [5.41, 5.74) is 10.5. The molecule has 0 saturated heterocycles. The van der Waals surface area contributed by atoms with Gasteiger partial charge in [0.05, 0.1) is 17.4 Å². The van der Waals surface area contributed by atoms with E-state index in [1.165, 1.54) is 12.3 Å². The highest BCUT2D eigenvalue weighted by Gasteiger charge is 2.11. The topological polar surface area (TPSA) is 148 Å². The minimum Gasteiger partial charge on any atom is -0.478 e. The smallest absolute Gasteiger partial charge is 0.337 e. The van der Waals surface area contributed by atoms with Crippen LogP contribution in [0.2, 0.25) is 0 Å². The molecule has 0 aliphatic carbocycles. The van der Waals surface area contributed by atoms with Crippen LogP contribution in [0.4, 0.5) is 11.5 Å². The molecule has 0 atom stereocenters. The number of nitrogens with two attached hydrogens (primary N) is 2. The van der Waals surface area contributed by atoms with E-state index in [2.05, 4.69) is 15.0 Å². The molecule has 2 aromatic rings. The lowest BCUT2D eigenvalue weighted by Crippen LogP contribution is -2.09. The number of anilines is 2. The van der Waals surface area contributed by atoms with Crippen LogP contribution in [-0.4, -0.2) is 26.0 Å². The maximum atomic E-state index is 11.2. The van der Waals surface area contributed by atoms with Gasteiger partial charge in [-0.1, -0.05) is 0 Å². The lowest BCUT2D eigenvalue weighted by Gasteiger charge is -2.04. The average molecular weight is 279 g/mol. The summed E-state index contributed by atoms with van der Waals surface area (Å²) >= 11 is 0.980. The summed E-state index contributed by atoms with van der Waals surface area (Å²) in [5.74, 6) is -1.09. The van der Waals surface area contributed by atoms with E-state index in [0.29, 0.717) is 5.03 Å². The van der Waals surface area contributed by atoms with E-state index in [1.54, 1.807) is 0 Å². The average Bonchev–Trinajstić information content (AvgIpc) is 2.30. The molecule has 2 heterocycles. The maximum Gasteiger partial charge on any atom is 0.337 e. The summed E-state index contributed by atoms with van der Waals surface area (Å²) in [7, 11) is 0. The van der Waals surface area contributed by atoms with Crippen LogP contribution in [0.15, 0.2) is 33.3 Å². The molecule has 2 aromatic heterocycles. The van der Waals surface area contributed by atoms with Crippen LogP contribution in [0.1, 0.15) is 10.4 Å². The van der Waals surface area contributed by atoms with Crippen LogP contribution >= 0.6 is 11.8 Å². The van der Waals surface area contributed by atoms with Gasteiger partial charge in [-0.25, -0.2) is 14.8 Å². The number of hydrogen-bond acceptors (Lipinski definition) is 7. The Morgan fingerprint density at radius 2 is 2.11 bits per heavy atom. The Hall–Kier alpha value is -2.55. The predicted octanol–water partition coefficient (Wildman–Crippen LogP) is 0.179. The van der Waals surface area contributed by atoms with Gasteiger partial charge in [0.1, 0.15) is 10.8 Å². The van der Waals surface area contributed by atoms with E-state index in [-0.39, 0.29) is 22.2 Å². The Kier molecular flexibility index (Phi) is 3.38. The van der Waals surface area contributed by atoms with Gasteiger partial charge in [-0.2, -0.15) is 0 Å². The van der Waals surface area contributed by atoms with Gasteiger partial charge < -0.3 is 21.6 Å². The SMILES string of the molecule is Nc1cc(=O)[nH]c(Sc2cc(C(=O)O)c(N)cn2)n1. The van der Waals surface area contributed by atoms with Crippen molar-refractivity contribution in [3.8, 4) is 0 Å². The third kappa shape index (κ3) is 3.01. The van der Waals surface area contributed by atoms with E-state index in [1.807, 2.05) is 0 Å². The van der Waals surface area contributed by atoms with Crippen molar-refractivity contribution in [2.75, 3.05) is 11.5 Å². The quantitative estimate of drug-likeness (QED) is 0.581. The normalized spacial score (nSPS) is 10.3. The molecule has 0 unspecified atom stereocenters. The van der Waals surface area contributed by atoms with E-state index < -0.39 is 11.5 Å². The first-order valence-electron chi connectivity index (χ1n) is 4.99. The van der Waals surface area contributed by atoms with Crippen LogP contribution in [0.3, 0.4) is 0 Å². The fourth-order valence-electron chi connectivity index (χ4n) is 1.29. The zero-order valence-electron chi connectivity index (χ0n) is 9.45. The fraction of sp³-hybridized carbons (Fsp3) is 0. The second-order valence-corrected chi connectivity index (χ2v) is 4.50. The largest absolute Gasteiger partial charge is 0.478 e. The molecule has 0 saturated carbocycles. The summed E-state index contributed by atoms with van der Waals surface area (Å²) < 4.78 is 0. The molecule has 0 spiro atoms. The van der Waals surface area contributed by atoms with E-state index in [9.17, 15) is 9.59 Å². The number of carboxylic acid groups (broad SMARTS) is 1. The number of hydrogen-bond donors (Lipinski definition) is 4. The molecule has 0 aliphatic rings. The first-order valence-corrected chi connectivity index (χ1v) is 5.81. The number of rotatable bonds is 3. The van der Waals surface area contributed by atoms with Crippen LogP contribution in [0, 0.1) is 0 Å². The monoisotopic (exact) mass is 279 g/mol. The Morgan fingerprint density at radius 3 is 2.74 bits per heavy atom. The van der Waals surface area contributed by atoms with E-state index in [0.717, 1.165) is 17.8 Å². The van der Waals surface area contributed by atoms with E-state index in [4.69, 9.17) is 16.6 Å². The summed E-state index contributed by atoms with van der Waals surface area (Å²) in [6, 6.07) is 2.44. The van der Waals surface area contributed by atoms with E-state index >= 15 is 0 Å². The standard InChI is InChI=1S/C10H9N5O3S/c11-5-3-13-8(1-4(5)9(17)18)19-10-14-6(12)2-7(16)15-10/h1-3H,11H2,(H,17,18)(H3,12,14,15,16). The molecule has 19 heavy (non-hydrogen) atoms. The lowest BCUT2D eigenvalue weighted by atomic mass is 10.2.